The molecule has 1 atom stereocenters. The van der Waals surface area contributed by atoms with Crippen LogP contribution in [0.2, 0.25) is 36.3 Å². The summed E-state index contributed by atoms with van der Waals surface area (Å²) in [6, 6.07) is 38.4. The van der Waals surface area contributed by atoms with Gasteiger partial charge < -0.3 is 0 Å². The molecule has 50 heavy (non-hydrogen) atoms. The first-order valence-electron chi connectivity index (χ1n) is 21.3. The Hall–Kier alpha value is -1.52. The fourth-order valence-corrected chi connectivity index (χ4v) is 24.4. The summed E-state index contributed by atoms with van der Waals surface area (Å²) in [7, 11) is -5.55. The van der Waals surface area contributed by atoms with Crippen LogP contribution >= 0.6 is 7.41 Å². The molecule has 0 saturated carbocycles. The van der Waals surface area contributed by atoms with Crippen LogP contribution in [-0.2, 0) is 12.8 Å². The standard InChI is InChI=1S/C46H75NPSi2/c1-7-13-31-49(32-14-8-2,33-15-9-3)45-27-21-25-42(38-45)48(47,44-30-29-40-23-19-20-24-41(40)37-44)43-26-22-28-46(39-43)50(34-16-10-4,35-17-11-5)36-18-12-6/h19-28,38-39,44H,7-18,29-37,47H2,1-6H3/q+1. The van der Waals surface area contributed by atoms with E-state index < -0.39 is 23.6 Å². The molecule has 4 rings (SSSR count). The Kier molecular flexibility index (Phi) is 17.0. The quantitative estimate of drug-likeness (QED) is 0.0763. The topological polar surface area (TPSA) is 26.0 Å². The maximum absolute atomic E-state index is 8.34. The van der Waals surface area contributed by atoms with Crippen molar-refractivity contribution in [1.29, 1.82) is 0 Å². The second kappa shape index (κ2) is 20.7. The Morgan fingerprint density at radius 3 is 1.28 bits per heavy atom. The molecular formula is C46H75NPSi2+. The van der Waals surface area contributed by atoms with E-state index in [1.54, 1.807) is 21.5 Å². The minimum atomic E-state index is -2.21. The lowest BCUT2D eigenvalue weighted by molar-refractivity contribution is 0.691. The van der Waals surface area contributed by atoms with E-state index in [0.29, 0.717) is 5.66 Å². The monoisotopic (exact) mass is 729 g/mol. The maximum Gasteiger partial charge on any atom is 0.146 e. The summed E-state index contributed by atoms with van der Waals surface area (Å²) < 4.78 is 0. The smallest absolute Gasteiger partial charge is 0.146 e. The Labute approximate surface area is 312 Å². The Morgan fingerprint density at radius 2 is 0.900 bits per heavy atom. The van der Waals surface area contributed by atoms with Gasteiger partial charge in [0.1, 0.15) is 18.0 Å². The lowest BCUT2D eigenvalue weighted by atomic mass is 9.91. The summed E-state index contributed by atoms with van der Waals surface area (Å²) in [6.45, 7) is 14.4. The summed E-state index contributed by atoms with van der Waals surface area (Å²) in [5, 5.41) is 6.46. The average Bonchev–Trinajstić information content (AvgIpc) is 3.17. The Morgan fingerprint density at radius 1 is 0.520 bits per heavy atom. The number of hydrogen-bond donors (Lipinski definition) is 1. The fourth-order valence-electron chi connectivity index (χ4n) is 9.44. The number of nitrogens with two attached hydrogens (primary N) is 1. The van der Waals surface area contributed by atoms with Gasteiger partial charge in [0.15, 0.2) is 0 Å². The molecule has 0 fully saturated rings. The van der Waals surface area contributed by atoms with Crippen LogP contribution in [0, 0.1) is 0 Å². The van der Waals surface area contributed by atoms with Crippen LogP contribution in [0.3, 0.4) is 0 Å². The second-order valence-corrected chi connectivity index (χ2v) is 28.8. The van der Waals surface area contributed by atoms with Gasteiger partial charge in [0, 0.05) is 6.42 Å². The van der Waals surface area contributed by atoms with Crippen molar-refractivity contribution in [3.8, 4) is 0 Å². The first kappa shape index (κ1) is 41.2. The average molecular weight is 729 g/mol. The third-order valence-corrected chi connectivity index (χ3v) is 27.5. The summed E-state index contributed by atoms with van der Waals surface area (Å²) >= 11 is 0. The van der Waals surface area contributed by atoms with E-state index in [-0.39, 0.29) is 0 Å². The lowest BCUT2D eigenvalue weighted by Gasteiger charge is -2.37. The van der Waals surface area contributed by atoms with E-state index in [1.807, 2.05) is 0 Å². The number of benzene rings is 3. The minimum Gasteiger partial charge on any atom is -0.195 e. The molecule has 2 N–H and O–H groups in total. The van der Waals surface area contributed by atoms with Crippen molar-refractivity contribution in [2.45, 2.75) is 180 Å². The van der Waals surface area contributed by atoms with Crippen molar-refractivity contribution in [3.05, 3.63) is 83.9 Å². The molecule has 1 unspecified atom stereocenters. The highest BCUT2D eigenvalue weighted by Gasteiger charge is 2.50. The molecule has 3 aromatic rings. The van der Waals surface area contributed by atoms with Crippen LogP contribution in [0.15, 0.2) is 72.8 Å². The van der Waals surface area contributed by atoms with Gasteiger partial charge in [-0.3, -0.25) is 0 Å². The first-order chi connectivity index (χ1) is 24.4. The van der Waals surface area contributed by atoms with Gasteiger partial charge in [-0.2, -0.15) is 5.50 Å². The number of fused-ring (bicyclic) bond motifs is 1. The fraction of sp³-hybridized carbons (Fsp3) is 0.609. The Bertz CT molecular complexity index is 1300. The van der Waals surface area contributed by atoms with E-state index >= 15 is 0 Å². The number of aryl methyl sites for hydroxylation is 1. The maximum atomic E-state index is 8.34. The number of unbranched alkanes of at least 4 members (excludes halogenated alkanes) is 6. The van der Waals surface area contributed by atoms with E-state index in [9.17, 15) is 0 Å². The molecule has 0 bridgehead atoms. The molecule has 0 heterocycles. The third kappa shape index (κ3) is 9.91. The zero-order chi connectivity index (χ0) is 35.9. The molecule has 1 aliphatic carbocycles. The summed E-state index contributed by atoms with van der Waals surface area (Å²) in [5.74, 6) is 0. The molecule has 276 valence electrons. The van der Waals surface area contributed by atoms with Crippen molar-refractivity contribution >= 4 is 44.5 Å². The largest absolute Gasteiger partial charge is 0.195 e. The van der Waals surface area contributed by atoms with Gasteiger partial charge in [-0.05, 0) is 48.2 Å². The normalized spacial score (nSPS) is 15.3. The third-order valence-electron chi connectivity index (χ3n) is 12.7. The molecule has 4 heteroatoms. The van der Waals surface area contributed by atoms with Gasteiger partial charge in [-0.25, -0.2) is 0 Å². The molecule has 0 aromatic heterocycles. The van der Waals surface area contributed by atoms with Gasteiger partial charge in [0.25, 0.3) is 0 Å². The van der Waals surface area contributed by atoms with Crippen molar-refractivity contribution < 1.29 is 0 Å². The van der Waals surface area contributed by atoms with Crippen molar-refractivity contribution in [1.82, 2.24) is 0 Å². The molecular weight excluding hydrogens is 654 g/mol. The van der Waals surface area contributed by atoms with Crippen molar-refractivity contribution in [2.75, 3.05) is 0 Å². The molecule has 3 aromatic carbocycles. The molecule has 0 amide bonds. The minimum absolute atomic E-state index is 0.485. The van der Waals surface area contributed by atoms with Crippen LogP contribution < -0.4 is 26.5 Å². The van der Waals surface area contributed by atoms with E-state index in [1.165, 1.54) is 130 Å². The molecule has 1 aliphatic rings. The number of hydrogen-bond acceptors (Lipinski definition) is 1. The predicted octanol–water partition coefficient (Wildman–Crippen LogP) is 12.2. The predicted molar refractivity (Wildman–Crippen MR) is 235 cm³/mol. The molecule has 0 radical (unpaired) electrons. The van der Waals surface area contributed by atoms with Gasteiger partial charge in [0.2, 0.25) is 0 Å². The first-order valence-corrected chi connectivity index (χ1v) is 28.5. The van der Waals surface area contributed by atoms with Crippen molar-refractivity contribution in [3.63, 3.8) is 0 Å². The van der Waals surface area contributed by atoms with E-state index in [2.05, 4.69) is 114 Å². The Balaban J connectivity index is 1.92. The zero-order valence-corrected chi connectivity index (χ0v) is 36.3. The van der Waals surface area contributed by atoms with Crippen LogP contribution in [0.4, 0.5) is 0 Å². The summed E-state index contributed by atoms with van der Waals surface area (Å²) in [4.78, 5) is 0. The SMILES string of the molecule is CCCC[Si](CCCC)(CCCC)c1cccc([P+](N)(c2cccc([Si](CCCC)(CCCC)CCCC)c2)C2CCc3ccccc3C2)c1. The lowest BCUT2D eigenvalue weighted by Crippen LogP contribution is -2.51. The van der Waals surface area contributed by atoms with Gasteiger partial charge in [-0.1, -0.05) is 214 Å². The van der Waals surface area contributed by atoms with E-state index in [0.717, 1.165) is 12.8 Å². The van der Waals surface area contributed by atoms with Gasteiger partial charge >= 0.3 is 0 Å². The highest BCUT2D eigenvalue weighted by Crippen LogP contribution is 2.57. The van der Waals surface area contributed by atoms with Gasteiger partial charge in [0.05, 0.1) is 21.8 Å². The van der Waals surface area contributed by atoms with Crippen LogP contribution in [0.25, 0.3) is 0 Å². The highest BCUT2D eigenvalue weighted by molar-refractivity contribution is 7.88. The number of rotatable bonds is 23. The summed E-state index contributed by atoms with van der Waals surface area (Å²) in [6.07, 6.45) is 19.5. The van der Waals surface area contributed by atoms with Crippen molar-refractivity contribution in [2.24, 2.45) is 5.50 Å². The summed E-state index contributed by atoms with van der Waals surface area (Å²) in [5.41, 5.74) is 11.9. The van der Waals surface area contributed by atoms with Gasteiger partial charge in [-0.15, -0.1) is 0 Å². The molecule has 0 spiro atoms. The van der Waals surface area contributed by atoms with Crippen LogP contribution in [-0.4, -0.2) is 21.8 Å². The molecule has 1 nitrogen and oxygen atoms in total. The van der Waals surface area contributed by atoms with Crippen LogP contribution in [0.5, 0.6) is 0 Å². The molecule has 0 saturated heterocycles. The van der Waals surface area contributed by atoms with Crippen LogP contribution in [0.1, 0.15) is 136 Å². The highest BCUT2D eigenvalue weighted by atomic mass is 31.2. The van der Waals surface area contributed by atoms with E-state index in [4.69, 9.17) is 5.50 Å². The molecule has 0 aliphatic heterocycles. The second-order valence-electron chi connectivity index (χ2n) is 16.2. The zero-order valence-electron chi connectivity index (χ0n) is 33.4.